The first kappa shape index (κ1) is 15.1. The SMILES string of the molecule is CN(Cc1coc(-c2c(F)cccc2F)n1)CC(O)C1CC1. The normalized spacial score (nSPS) is 16.2. The zero-order chi connectivity index (χ0) is 15.7. The molecule has 22 heavy (non-hydrogen) atoms. The van der Waals surface area contributed by atoms with E-state index in [9.17, 15) is 13.9 Å². The molecule has 1 heterocycles. The molecular formula is C16H18F2N2O2. The Morgan fingerprint density at radius 1 is 1.36 bits per heavy atom. The standard InChI is InChI=1S/C16H18F2N2O2/c1-20(8-14(21)10-5-6-10)7-11-9-22-16(19-11)15-12(17)3-2-4-13(15)18/h2-4,9-10,14,21H,5-8H2,1H3. The van der Waals surface area contributed by atoms with Gasteiger partial charge in [0.2, 0.25) is 5.89 Å². The summed E-state index contributed by atoms with van der Waals surface area (Å²) < 4.78 is 32.6. The Hall–Kier alpha value is -1.79. The largest absolute Gasteiger partial charge is 0.444 e. The lowest BCUT2D eigenvalue weighted by Gasteiger charge is -2.18. The number of aliphatic hydroxyl groups is 1. The summed E-state index contributed by atoms with van der Waals surface area (Å²) in [5.41, 5.74) is 0.317. The monoisotopic (exact) mass is 308 g/mol. The molecule has 1 unspecified atom stereocenters. The highest BCUT2D eigenvalue weighted by atomic mass is 19.1. The fraction of sp³-hybridized carbons (Fsp3) is 0.438. The molecule has 3 rings (SSSR count). The summed E-state index contributed by atoms with van der Waals surface area (Å²) in [7, 11) is 1.86. The van der Waals surface area contributed by atoms with Gasteiger partial charge in [0.25, 0.3) is 0 Å². The van der Waals surface area contributed by atoms with Crippen LogP contribution < -0.4 is 0 Å². The number of hydrogen-bond acceptors (Lipinski definition) is 4. The second-order valence-electron chi connectivity index (χ2n) is 5.84. The van der Waals surface area contributed by atoms with Gasteiger partial charge in [-0.05, 0) is 37.9 Å². The maximum absolute atomic E-state index is 13.7. The first-order valence-corrected chi connectivity index (χ1v) is 7.30. The Labute approximate surface area is 127 Å². The fourth-order valence-electron chi connectivity index (χ4n) is 2.49. The zero-order valence-electron chi connectivity index (χ0n) is 12.3. The molecule has 118 valence electrons. The van der Waals surface area contributed by atoms with Gasteiger partial charge in [-0.15, -0.1) is 0 Å². The van der Waals surface area contributed by atoms with Crippen LogP contribution in [0.5, 0.6) is 0 Å². The molecule has 0 amide bonds. The van der Waals surface area contributed by atoms with E-state index < -0.39 is 11.6 Å². The maximum Gasteiger partial charge on any atom is 0.232 e. The van der Waals surface area contributed by atoms with Crippen molar-refractivity contribution < 1.29 is 18.3 Å². The molecule has 4 nitrogen and oxygen atoms in total. The molecule has 1 N–H and O–H groups in total. The lowest BCUT2D eigenvalue weighted by molar-refractivity contribution is 0.104. The molecule has 0 radical (unpaired) electrons. The van der Waals surface area contributed by atoms with E-state index in [1.165, 1.54) is 24.5 Å². The van der Waals surface area contributed by atoms with Gasteiger partial charge in [-0.1, -0.05) is 6.07 Å². The lowest BCUT2D eigenvalue weighted by atomic mass is 10.2. The Kier molecular flexibility index (Phi) is 4.22. The van der Waals surface area contributed by atoms with E-state index in [2.05, 4.69) is 4.98 Å². The molecule has 0 bridgehead atoms. The predicted molar refractivity (Wildman–Crippen MR) is 76.9 cm³/mol. The van der Waals surface area contributed by atoms with Crippen LogP contribution in [0, 0.1) is 17.6 Å². The minimum absolute atomic E-state index is 0.0678. The molecule has 1 aliphatic rings. The van der Waals surface area contributed by atoms with Crippen LogP contribution in [0.15, 0.2) is 28.9 Å². The average Bonchev–Trinajstić information content (AvgIpc) is 3.21. The van der Waals surface area contributed by atoms with E-state index in [0.717, 1.165) is 12.8 Å². The number of aromatic nitrogens is 1. The quantitative estimate of drug-likeness (QED) is 0.891. The van der Waals surface area contributed by atoms with Crippen molar-refractivity contribution in [2.75, 3.05) is 13.6 Å². The van der Waals surface area contributed by atoms with Crippen molar-refractivity contribution >= 4 is 0 Å². The van der Waals surface area contributed by atoms with Crippen molar-refractivity contribution in [3.63, 3.8) is 0 Å². The summed E-state index contributed by atoms with van der Waals surface area (Å²) in [6, 6.07) is 3.63. The fourth-order valence-corrected chi connectivity index (χ4v) is 2.49. The molecular weight excluding hydrogens is 290 g/mol. The van der Waals surface area contributed by atoms with E-state index in [1.807, 2.05) is 11.9 Å². The smallest absolute Gasteiger partial charge is 0.232 e. The molecule has 1 saturated carbocycles. The van der Waals surface area contributed by atoms with E-state index in [1.54, 1.807) is 0 Å². The second-order valence-corrected chi connectivity index (χ2v) is 5.84. The summed E-state index contributed by atoms with van der Waals surface area (Å²) in [5, 5.41) is 9.91. The molecule has 6 heteroatoms. The van der Waals surface area contributed by atoms with Crippen LogP contribution in [-0.2, 0) is 6.54 Å². The third-order valence-electron chi connectivity index (χ3n) is 3.83. The summed E-state index contributed by atoms with van der Waals surface area (Å²) in [4.78, 5) is 6.06. The predicted octanol–water partition coefficient (Wildman–Crippen LogP) is 2.82. The number of aliphatic hydroxyl groups excluding tert-OH is 1. The van der Waals surface area contributed by atoms with Crippen LogP contribution in [0.2, 0.25) is 0 Å². The van der Waals surface area contributed by atoms with E-state index in [0.29, 0.717) is 24.7 Å². The van der Waals surface area contributed by atoms with Crippen molar-refractivity contribution in [3.8, 4) is 11.5 Å². The number of likely N-dealkylation sites (N-methyl/N-ethyl adjacent to an activating group) is 1. The van der Waals surface area contributed by atoms with E-state index in [4.69, 9.17) is 4.42 Å². The van der Waals surface area contributed by atoms with E-state index >= 15 is 0 Å². The number of halogens is 2. The number of rotatable bonds is 6. The highest BCUT2D eigenvalue weighted by molar-refractivity contribution is 5.55. The van der Waals surface area contributed by atoms with Gasteiger partial charge in [-0.25, -0.2) is 13.8 Å². The van der Waals surface area contributed by atoms with Gasteiger partial charge in [-0.2, -0.15) is 0 Å². The van der Waals surface area contributed by atoms with Gasteiger partial charge in [0.05, 0.1) is 11.8 Å². The zero-order valence-corrected chi connectivity index (χ0v) is 12.3. The third kappa shape index (κ3) is 3.34. The first-order chi connectivity index (χ1) is 10.5. The van der Waals surface area contributed by atoms with Crippen LogP contribution in [0.4, 0.5) is 8.78 Å². The van der Waals surface area contributed by atoms with Crippen LogP contribution in [0.1, 0.15) is 18.5 Å². The van der Waals surface area contributed by atoms with Gasteiger partial charge in [-0.3, -0.25) is 4.90 Å². The van der Waals surface area contributed by atoms with Crippen molar-refractivity contribution in [1.82, 2.24) is 9.88 Å². The highest BCUT2D eigenvalue weighted by Crippen LogP contribution is 2.33. The lowest BCUT2D eigenvalue weighted by Crippen LogP contribution is -2.30. The highest BCUT2D eigenvalue weighted by Gasteiger charge is 2.30. The van der Waals surface area contributed by atoms with Crippen LogP contribution in [-0.4, -0.2) is 34.7 Å². The number of oxazole rings is 1. The maximum atomic E-state index is 13.7. The van der Waals surface area contributed by atoms with Gasteiger partial charge >= 0.3 is 0 Å². The Morgan fingerprint density at radius 3 is 2.68 bits per heavy atom. The Balaban J connectivity index is 1.68. The molecule has 1 aromatic carbocycles. The van der Waals surface area contributed by atoms with Gasteiger partial charge in [0.15, 0.2) is 0 Å². The van der Waals surface area contributed by atoms with Crippen LogP contribution in [0.3, 0.4) is 0 Å². The molecule has 2 aromatic rings. The first-order valence-electron chi connectivity index (χ1n) is 7.30. The molecule has 1 atom stereocenters. The summed E-state index contributed by atoms with van der Waals surface area (Å²) >= 11 is 0. The van der Waals surface area contributed by atoms with E-state index in [-0.39, 0.29) is 17.6 Å². The van der Waals surface area contributed by atoms with Crippen molar-refractivity contribution in [3.05, 3.63) is 41.8 Å². The van der Waals surface area contributed by atoms with Gasteiger partial charge < -0.3 is 9.52 Å². The van der Waals surface area contributed by atoms with Crippen molar-refractivity contribution in [2.24, 2.45) is 5.92 Å². The Bertz CT molecular complexity index is 635. The molecule has 1 aromatic heterocycles. The number of nitrogens with zero attached hydrogens (tertiary/aromatic N) is 2. The summed E-state index contributed by atoms with van der Waals surface area (Å²) in [6.07, 6.45) is 3.22. The topological polar surface area (TPSA) is 49.5 Å². The molecule has 1 aliphatic carbocycles. The molecule has 0 aliphatic heterocycles. The number of hydrogen-bond donors (Lipinski definition) is 1. The summed E-state index contributed by atoms with van der Waals surface area (Å²) in [6.45, 7) is 0.990. The average molecular weight is 308 g/mol. The van der Waals surface area contributed by atoms with Crippen LogP contribution in [0.25, 0.3) is 11.5 Å². The number of benzene rings is 1. The van der Waals surface area contributed by atoms with Gasteiger partial charge in [0.1, 0.15) is 23.5 Å². The minimum Gasteiger partial charge on any atom is -0.444 e. The van der Waals surface area contributed by atoms with Crippen molar-refractivity contribution in [2.45, 2.75) is 25.5 Å². The van der Waals surface area contributed by atoms with Crippen molar-refractivity contribution in [1.29, 1.82) is 0 Å². The Morgan fingerprint density at radius 2 is 2.05 bits per heavy atom. The summed E-state index contributed by atoms with van der Waals surface area (Å²) in [5.74, 6) is -1.07. The molecule has 0 spiro atoms. The van der Waals surface area contributed by atoms with Gasteiger partial charge in [0, 0.05) is 13.1 Å². The molecule has 0 saturated heterocycles. The minimum atomic E-state index is -0.703. The molecule has 1 fully saturated rings. The second kappa shape index (κ2) is 6.14. The third-order valence-corrected chi connectivity index (χ3v) is 3.83. The van der Waals surface area contributed by atoms with Crippen LogP contribution >= 0.6 is 0 Å².